The van der Waals surface area contributed by atoms with Crippen LogP contribution in [-0.4, -0.2) is 15.2 Å². The highest BCUT2D eigenvalue weighted by atomic mass is 15.2. The van der Waals surface area contributed by atoms with Gasteiger partial charge in [0, 0.05) is 0 Å². The molecule has 62 valence electrons. The van der Waals surface area contributed by atoms with Crippen LogP contribution in [-0.2, 0) is 0 Å². The minimum absolute atomic E-state index is 0.0556. The second kappa shape index (κ2) is 3.00. The summed E-state index contributed by atoms with van der Waals surface area (Å²) < 4.78 is 0. The Labute approximate surface area is 66.2 Å². The molecule has 0 bridgehead atoms. The maximum atomic E-state index is 5.81. The van der Waals surface area contributed by atoms with Crippen LogP contribution in [0.15, 0.2) is 0 Å². The van der Waals surface area contributed by atoms with Crippen LogP contribution < -0.4 is 5.73 Å². The third-order valence-electron chi connectivity index (χ3n) is 1.63. The molecule has 4 nitrogen and oxygen atoms in total. The molecule has 0 aliphatic rings. The second-order valence-electron chi connectivity index (χ2n) is 3.05. The molecule has 0 aliphatic carbocycles. The molecule has 0 spiro atoms. The molecule has 0 fully saturated rings. The van der Waals surface area contributed by atoms with Gasteiger partial charge in [-0.25, -0.2) is 4.98 Å². The molecule has 3 N–H and O–H groups in total. The van der Waals surface area contributed by atoms with E-state index >= 15 is 0 Å². The maximum Gasteiger partial charge on any atom is 0.167 e. The molecule has 1 heterocycles. The first kappa shape index (κ1) is 8.20. The van der Waals surface area contributed by atoms with E-state index in [1.807, 2.05) is 6.92 Å². The Balaban J connectivity index is 2.76. The highest BCUT2D eigenvalue weighted by molar-refractivity contribution is 4.95. The van der Waals surface area contributed by atoms with Crippen LogP contribution in [0.5, 0.6) is 0 Å². The first-order valence-electron chi connectivity index (χ1n) is 3.75. The molecule has 11 heavy (non-hydrogen) atoms. The van der Waals surface area contributed by atoms with Crippen LogP contribution in [0.25, 0.3) is 0 Å². The average molecular weight is 154 g/mol. The van der Waals surface area contributed by atoms with E-state index in [0.717, 1.165) is 5.82 Å². The lowest BCUT2D eigenvalue weighted by molar-refractivity contribution is 0.491. The Morgan fingerprint density at radius 2 is 2.09 bits per heavy atom. The van der Waals surface area contributed by atoms with E-state index in [2.05, 4.69) is 29.0 Å². The smallest absolute Gasteiger partial charge is 0.167 e. The Bertz CT molecular complexity index is 228. The normalized spacial score (nSPS) is 13.9. The third-order valence-corrected chi connectivity index (χ3v) is 1.63. The van der Waals surface area contributed by atoms with Gasteiger partial charge in [-0.15, -0.1) is 0 Å². The SMILES string of the molecule is Cc1nc([C@H](N)C(C)C)n[nH]1. The summed E-state index contributed by atoms with van der Waals surface area (Å²) in [6, 6.07) is -0.0556. The Morgan fingerprint density at radius 1 is 1.45 bits per heavy atom. The highest BCUT2D eigenvalue weighted by Gasteiger charge is 2.14. The zero-order valence-corrected chi connectivity index (χ0v) is 7.13. The second-order valence-corrected chi connectivity index (χ2v) is 3.05. The van der Waals surface area contributed by atoms with Gasteiger partial charge >= 0.3 is 0 Å². The third kappa shape index (κ3) is 1.77. The lowest BCUT2D eigenvalue weighted by Gasteiger charge is -2.10. The van der Waals surface area contributed by atoms with Crippen molar-refractivity contribution in [3.63, 3.8) is 0 Å². The highest BCUT2D eigenvalue weighted by Crippen LogP contribution is 2.13. The molecule has 0 amide bonds. The maximum absolute atomic E-state index is 5.81. The van der Waals surface area contributed by atoms with Gasteiger partial charge in [-0.05, 0) is 12.8 Å². The molecule has 0 saturated heterocycles. The van der Waals surface area contributed by atoms with E-state index in [9.17, 15) is 0 Å². The number of hydrogen-bond donors (Lipinski definition) is 2. The van der Waals surface area contributed by atoms with Crippen LogP contribution in [0.2, 0.25) is 0 Å². The van der Waals surface area contributed by atoms with Crippen molar-refractivity contribution in [3.8, 4) is 0 Å². The minimum atomic E-state index is -0.0556. The summed E-state index contributed by atoms with van der Waals surface area (Å²) in [7, 11) is 0. The molecule has 0 saturated carbocycles. The molecule has 0 unspecified atom stereocenters. The van der Waals surface area contributed by atoms with Gasteiger partial charge in [0.2, 0.25) is 0 Å². The fraction of sp³-hybridized carbons (Fsp3) is 0.714. The topological polar surface area (TPSA) is 67.6 Å². The summed E-state index contributed by atoms with van der Waals surface area (Å²) in [5, 5.41) is 6.74. The molecule has 0 aliphatic heterocycles. The molecule has 4 heteroatoms. The Kier molecular flexibility index (Phi) is 2.24. The first-order chi connectivity index (χ1) is 5.11. The van der Waals surface area contributed by atoms with E-state index in [4.69, 9.17) is 5.73 Å². The van der Waals surface area contributed by atoms with Crippen molar-refractivity contribution in [2.75, 3.05) is 0 Å². The van der Waals surface area contributed by atoms with Crippen molar-refractivity contribution < 1.29 is 0 Å². The minimum Gasteiger partial charge on any atom is -0.321 e. The monoisotopic (exact) mass is 154 g/mol. The number of rotatable bonds is 2. The van der Waals surface area contributed by atoms with Gasteiger partial charge in [-0.2, -0.15) is 5.10 Å². The largest absolute Gasteiger partial charge is 0.321 e. The number of aromatic nitrogens is 3. The lowest BCUT2D eigenvalue weighted by Crippen LogP contribution is -2.18. The molecular formula is C7H14N4. The molecule has 1 aromatic rings. The van der Waals surface area contributed by atoms with E-state index in [-0.39, 0.29) is 6.04 Å². The van der Waals surface area contributed by atoms with Crippen LogP contribution in [0.3, 0.4) is 0 Å². The quantitative estimate of drug-likeness (QED) is 0.661. The van der Waals surface area contributed by atoms with Gasteiger partial charge < -0.3 is 5.73 Å². The average Bonchev–Trinajstić information content (AvgIpc) is 2.34. The van der Waals surface area contributed by atoms with Crippen LogP contribution in [0, 0.1) is 12.8 Å². The number of hydrogen-bond acceptors (Lipinski definition) is 3. The zero-order valence-electron chi connectivity index (χ0n) is 7.13. The van der Waals surface area contributed by atoms with E-state index < -0.39 is 0 Å². The van der Waals surface area contributed by atoms with Crippen molar-refractivity contribution in [1.29, 1.82) is 0 Å². The van der Waals surface area contributed by atoms with E-state index in [1.165, 1.54) is 0 Å². The predicted molar refractivity (Wildman–Crippen MR) is 42.9 cm³/mol. The fourth-order valence-electron chi connectivity index (χ4n) is 0.807. The lowest BCUT2D eigenvalue weighted by atomic mass is 10.1. The molecule has 0 aromatic carbocycles. The summed E-state index contributed by atoms with van der Waals surface area (Å²) >= 11 is 0. The molecule has 1 aromatic heterocycles. The summed E-state index contributed by atoms with van der Waals surface area (Å²) in [4.78, 5) is 4.14. The van der Waals surface area contributed by atoms with Crippen LogP contribution in [0.4, 0.5) is 0 Å². The summed E-state index contributed by atoms with van der Waals surface area (Å²) in [6.07, 6.45) is 0. The number of H-pyrrole nitrogens is 1. The standard InChI is InChI=1S/C7H14N4/c1-4(2)6(8)7-9-5(3)10-11-7/h4,6H,8H2,1-3H3,(H,9,10,11)/t6-/m1/s1. The Hall–Kier alpha value is -0.900. The summed E-state index contributed by atoms with van der Waals surface area (Å²) in [5.74, 6) is 1.90. The van der Waals surface area contributed by atoms with E-state index in [1.54, 1.807) is 0 Å². The van der Waals surface area contributed by atoms with E-state index in [0.29, 0.717) is 11.7 Å². The number of aromatic amines is 1. The van der Waals surface area contributed by atoms with Crippen molar-refractivity contribution >= 4 is 0 Å². The van der Waals surface area contributed by atoms with Crippen LogP contribution >= 0.6 is 0 Å². The predicted octanol–water partition coefficient (Wildman–Crippen LogP) is 0.769. The van der Waals surface area contributed by atoms with Crippen LogP contribution in [0.1, 0.15) is 31.5 Å². The molecule has 1 atom stereocenters. The molecule has 0 radical (unpaired) electrons. The van der Waals surface area contributed by atoms with Gasteiger partial charge in [0.1, 0.15) is 5.82 Å². The van der Waals surface area contributed by atoms with Gasteiger partial charge in [0.15, 0.2) is 5.82 Å². The van der Waals surface area contributed by atoms with Crippen molar-refractivity contribution in [3.05, 3.63) is 11.6 Å². The van der Waals surface area contributed by atoms with Crippen molar-refractivity contribution in [2.24, 2.45) is 11.7 Å². The first-order valence-corrected chi connectivity index (χ1v) is 3.75. The van der Waals surface area contributed by atoms with Crippen molar-refractivity contribution in [1.82, 2.24) is 15.2 Å². The molecule has 1 rings (SSSR count). The van der Waals surface area contributed by atoms with Crippen molar-refractivity contribution in [2.45, 2.75) is 26.8 Å². The number of nitrogens with two attached hydrogens (primary N) is 1. The summed E-state index contributed by atoms with van der Waals surface area (Å²) in [5.41, 5.74) is 5.81. The van der Waals surface area contributed by atoms with Gasteiger partial charge in [0.25, 0.3) is 0 Å². The van der Waals surface area contributed by atoms with Gasteiger partial charge in [-0.1, -0.05) is 13.8 Å². The molecular weight excluding hydrogens is 140 g/mol. The Morgan fingerprint density at radius 3 is 2.45 bits per heavy atom. The zero-order chi connectivity index (χ0) is 8.43. The number of nitrogens with zero attached hydrogens (tertiary/aromatic N) is 2. The fourth-order valence-corrected chi connectivity index (χ4v) is 0.807. The summed E-state index contributed by atoms with van der Waals surface area (Å²) in [6.45, 7) is 5.97. The van der Waals surface area contributed by atoms with Gasteiger partial charge in [-0.3, -0.25) is 5.10 Å². The number of nitrogens with one attached hydrogen (secondary N) is 1. The number of aryl methyl sites for hydroxylation is 1. The van der Waals surface area contributed by atoms with Gasteiger partial charge in [0.05, 0.1) is 6.04 Å².